The van der Waals surface area contributed by atoms with Crippen LogP contribution in [0.4, 0.5) is 13.2 Å². The number of aromatic amines is 1. The molecule has 0 aliphatic carbocycles. The minimum absolute atomic E-state index is 0.415. The number of carbonyl (C=O) groups excluding carboxylic acids is 1. The molecule has 2 N–H and O–H groups in total. The Hall–Kier alpha value is -3.26. The van der Waals surface area contributed by atoms with Crippen LogP contribution in [-0.4, -0.2) is 10.9 Å². The number of H-pyrrole nitrogens is 1. The second-order valence-corrected chi connectivity index (χ2v) is 6.78. The summed E-state index contributed by atoms with van der Waals surface area (Å²) < 4.78 is 44.1. The summed E-state index contributed by atoms with van der Waals surface area (Å²) in [4.78, 5) is 26.5. The molecule has 29 heavy (non-hydrogen) atoms. The molecule has 0 radical (unpaired) electrons. The average molecular weight is 421 g/mol. The van der Waals surface area contributed by atoms with Gasteiger partial charge < -0.3 is 15.0 Å². The third kappa shape index (κ3) is 3.58. The van der Waals surface area contributed by atoms with E-state index in [0.29, 0.717) is 33.7 Å². The van der Waals surface area contributed by atoms with Crippen LogP contribution in [-0.2, 0) is 6.18 Å². The minimum Gasteiger partial charge on any atom is -0.457 e. The maximum Gasteiger partial charge on any atom is 0.431 e. The highest BCUT2D eigenvalue weighted by molar-refractivity contribution is 6.30. The van der Waals surface area contributed by atoms with Gasteiger partial charge in [0.05, 0.1) is 6.04 Å². The summed E-state index contributed by atoms with van der Waals surface area (Å²) in [6.45, 7) is 0. The van der Waals surface area contributed by atoms with Crippen molar-refractivity contribution in [2.45, 2.75) is 12.2 Å². The smallest absolute Gasteiger partial charge is 0.431 e. The molecule has 1 aliphatic rings. The van der Waals surface area contributed by atoms with Crippen molar-refractivity contribution >= 4 is 17.5 Å². The molecule has 0 saturated heterocycles. The monoisotopic (exact) mass is 420 g/mol. The Bertz CT molecular complexity index is 1170. The second-order valence-electron chi connectivity index (χ2n) is 6.34. The normalized spacial score (nSPS) is 15.1. The predicted octanol–water partition coefficient (Wildman–Crippen LogP) is 4.67. The summed E-state index contributed by atoms with van der Waals surface area (Å²) in [5.41, 5.74) is -1.62. The van der Waals surface area contributed by atoms with Crippen molar-refractivity contribution in [3.05, 3.63) is 92.4 Å². The second kappa shape index (κ2) is 6.97. The largest absolute Gasteiger partial charge is 0.457 e. The highest BCUT2D eigenvalue weighted by Crippen LogP contribution is 2.43. The molecule has 1 aromatic heterocycles. The molecule has 0 fully saturated rings. The molecular weight excluding hydrogens is 409 g/mol. The molecule has 2 aromatic carbocycles. The summed E-state index contributed by atoms with van der Waals surface area (Å²) >= 11 is 6.08. The van der Waals surface area contributed by atoms with Crippen molar-refractivity contribution in [2.75, 3.05) is 0 Å². The molecule has 1 unspecified atom stereocenters. The predicted molar refractivity (Wildman–Crippen MR) is 99.3 cm³/mol. The Balaban J connectivity index is 1.72. The zero-order valence-corrected chi connectivity index (χ0v) is 15.3. The van der Waals surface area contributed by atoms with Crippen LogP contribution in [0.3, 0.4) is 0 Å². The number of rotatable bonds is 2. The Kier molecular flexibility index (Phi) is 4.58. The number of pyridine rings is 1. The SMILES string of the molecule is O=C(NC1c2ccccc2Oc2ccc(Cl)cc21)c1ccc(C(F)(F)F)[nH]c1=O. The number of amides is 1. The van der Waals surface area contributed by atoms with Gasteiger partial charge in [-0.15, -0.1) is 0 Å². The molecule has 1 amide bonds. The number of halogens is 4. The number of alkyl halides is 3. The molecule has 0 bridgehead atoms. The average Bonchev–Trinajstić information content (AvgIpc) is 2.67. The maximum atomic E-state index is 12.7. The van der Waals surface area contributed by atoms with Crippen LogP contribution in [0.15, 0.2) is 59.4 Å². The molecule has 4 rings (SSSR count). The third-order valence-electron chi connectivity index (χ3n) is 4.47. The van der Waals surface area contributed by atoms with Gasteiger partial charge in [-0.3, -0.25) is 9.59 Å². The Morgan fingerprint density at radius 2 is 1.76 bits per heavy atom. The van der Waals surface area contributed by atoms with Gasteiger partial charge in [0.15, 0.2) is 0 Å². The lowest BCUT2D eigenvalue weighted by Crippen LogP contribution is -2.35. The molecule has 0 saturated carbocycles. The maximum absolute atomic E-state index is 12.7. The molecule has 1 aliphatic heterocycles. The van der Waals surface area contributed by atoms with E-state index in [1.165, 1.54) is 0 Å². The molecule has 0 spiro atoms. The molecule has 148 valence electrons. The lowest BCUT2D eigenvalue weighted by molar-refractivity contribution is -0.141. The first-order chi connectivity index (χ1) is 13.7. The van der Waals surface area contributed by atoms with Gasteiger partial charge in [0.2, 0.25) is 0 Å². The first kappa shape index (κ1) is 19.1. The van der Waals surface area contributed by atoms with E-state index < -0.39 is 34.9 Å². The minimum atomic E-state index is -4.72. The Morgan fingerprint density at radius 1 is 1.03 bits per heavy atom. The molecule has 2 heterocycles. The van der Waals surface area contributed by atoms with Crippen molar-refractivity contribution in [3.8, 4) is 11.5 Å². The lowest BCUT2D eigenvalue weighted by Gasteiger charge is -2.29. The van der Waals surface area contributed by atoms with Crippen molar-refractivity contribution in [3.63, 3.8) is 0 Å². The molecule has 5 nitrogen and oxygen atoms in total. The van der Waals surface area contributed by atoms with E-state index in [1.807, 2.05) is 0 Å². The van der Waals surface area contributed by atoms with Crippen molar-refractivity contribution in [2.24, 2.45) is 0 Å². The van der Waals surface area contributed by atoms with E-state index in [9.17, 15) is 22.8 Å². The number of nitrogens with one attached hydrogen (secondary N) is 2. The molecule has 3 aromatic rings. The van der Waals surface area contributed by atoms with Gasteiger partial charge in [0, 0.05) is 16.1 Å². The fraction of sp³-hybridized carbons (Fsp3) is 0.100. The summed E-state index contributed by atoms with van der Waals surface area (Å²) in [6, 6.07) is 12.7. The first-order valence-corrected chi connectivity index (χ1v) is 8.79. The van der Waals surface area contributed by atoms with E-state index in [4.69, 9.17) is 16.3 Å². The summed E-state index contributed by atoms with van der Waals surface area (Å²) in [5, 5.41) is 3.11. The number of hydrogen-bond donors (Lipinski definition) is 2. The van der Waals surface area contributed by atoms with Crippen molar-refractivity contribution in [1.82, 2.24) is 10.3 Å². The van der Waals surface area contributed by atoms with Crippen LogP contribution < -0.4 is 15.6 Å². The van der Waals surface area contributed by atoms with Crippen LogP contribution >= 0.6 is 11.6 Å². The zero-order chi connectivity index (χ0) is 20.8. The van der Waals surface area contributed by atoms with E-state index >= 15 is 0 Å². The topological polar surface area (TPSA) is 71.2 Å². The van der Waals surface area contributed by atoms with E-state index in [-0.39, 0.29) is 0 Å². The number of ether oxygens (including phenoxy) is 1. The standard InChI is InChI=1S/C20H12ClF3N2O3/c21-10-5-7-15-13(9-10)17(11-3-1-2-4-14(11)29-15)26-19(28)12-6-8-16(20(22,23)24)25-18(12)27/h1-9,17H,(H,25,27)(H,26,28). The highest BCUT2D eigenvalue weighted by Gasteiger charge is 2.33. The van der Waals surface area contributed by atoms with Gasteiger partial charge in [-0.05, 0) is 36.4 Å². The lowest BCUT2D eigenvalue weighted by atomic mass is 9.94. The Morgan fingerprint density at radius 3 is 2.48 bits per heavy atom. The fourth-order valence-electron chi connectivity index (χ4n) is 3.12. The number of hydrogen-bond acceptors (Lipinski definition) is 3. The Labute approximate surface area is 167 Å². The number of para-hydroxylation sites is 1. The number of benzene rings is 2. The van der Waals surface area contributed by atoms with E-state index in [1.54, 1.807) is 47.4 Å². The van der Waals surface area contributed by atoms with Gasteiger partial charge >= 0.3 is 6.18 Å². The van der Waals surface area contributed by atoms with Crippen molar-refractivity contribution < 1.29 is 22.7 Å². The zero-order valence-electron chi connectivity index (χ0n) is 14.5. The van der Waals surface area contributed by atoms with Crippen LogP contribution in [0.1, 0.15) is 33.2 Å². The quantitative estimate of drug-likeness (QED) is 0.632. The highest BCUT2D eigenvalue weighted by atomic mass is 35.5. The summed E-state index contributed by atoms with van der Waals surface area (Å²) in [6.07, 6.45) is -4.72. The number of aromatic nitrogens is 1. The van der Waals surface area contributed by atoms with Gasteiger partial charge in [-0.1, -0.05) is 29.8 Å². The van der Waals surface area contributed by atoms with Gasteiger partial charge in [0.25, 0.3) is 11.5 Å². The van der Waals surface area contributed by atoms with E-state index in [2.05, 4.69) is 5.32 Å². The van der Waals surface area contributed by atoms with Gasteiger partial charge in [0.1, 0.15) is 22.8 Å². The van der Waals surface area contributed by atoms with Crippen LogP contribution in [0.25, 0.3) is 0 Å². The summed E-state index contributed by atoms with van der Waals surface area (Å²) in [7, 11) is 0. The number of carbonyl (C=O) groups is 1. The van der Waals surface area contributed by atoms with E-state index in [0.717, 1.165) is 6.07 Å². The van der Waals surface area contributed by atoms with Crippen LogP contribution in [0.2, 0.25) is 5.02 Å². The van der Waals surface area contributed by atoms with Gasteiger partial charge in [-0.25, -0.2) is 0 Å². The molecule has 9 heteroatoms. The van der Waals surface area contributed by atoms with Crippen molar-refractivity contribution in [1.29, 1.82) is 0 Å². The van der Waals surface area contributed by atoms with Gasteiger partial charge in [-0.2, -0.15) is 13.2 Å². The van der Waals surface area contributed by atoms with Crippen LogP contribution in [0, 0.1) is 0 Å². The third-order valence-corrected chi connectivity index (χ3v) is 4.70. The molecular formula is C20H12ClF3N2O3. The summed E-state index contributed by atoms with van der Waals surface area (Å²) in [5.74, 6) is 0.154. The first-order valence-electron chi connectivity index (χ1n) is 8.41. The molecule has 1 atom stereocenters. The number of fused-ring (bicyclic) bond motifs is 2. The fourth-order valence-corrected chi connectivity index (χ4v) is 3.30. The van der Waals surface area contributed by atoms with Crippen LogP contribution in [0.5, 0.6) is 11.5 Å².